The third-order valence-electron chi connectivity index (χ3n) is 2.68. The predicted octanol–water partition coefficient (Wildman–Crippen LogP) is 2.08. The van der Waals surface area contributed by atoms with E-state index in [4.69, 9.17) is 5.11 Å². The molecule has 0 radical (unpaired) electrons. The van der Waals surface area contributed by atoms with Gasteiger partial charge in [-0.05, 0) is 42.8 Å². The zero-order valence-electron chi connectivity index (χ0n) is 10.1. The van der Waals surface area contributed by atoms with Crippen LogP contribution in [0.15, 0.2) is 28.3 Å². The van der Waals surface area contributed by atoms with Crippen LogP contribution in [-0.2, 0) is 13.7 Å². The molecular weight excluding hydrogens is 234 g/mol. The Kier molecular flexibility index (Phi) is 3.49. The first kappa shape index (κ1) is 12.1. The molecule has 5 heteroatoms. The standard InChI is InChI=1S/C12H15N3OS/c1-8-6-10(7-16)4-5-11(8)17-12-14-13-9(2)15(12)3/h4-6,16H,7H2,1-3H3. The molecule has 0 aliphatic heterocycles. The number of hydrogen-bond acceptors (Lipinski definition) is 4. The highest BCUT2D eigenvalue weighted by Crippen LogP contribution is 2.29. The van der Waals surface area contributed by atoms with Crippen LogP contribution >= 0.6 is 11.8 Å². The van der Waals surface area contributed by atoms with Gasteiger partial charge in [0.05, 0.1) is 6.61 Å². The Morgan fingerprint density at radius 1 is 1.29 bits per heavy atom. The predicted molar refractivity (Wildman–Crippen MR) is 67.0 cm³/mol. The molecule has 0 unspecified atom stereocenters. The quantitative estimate of drug-likeness (QED) is 0.904. The molecule has 0 aliphatic rings. The molecule has 0 aliphatic carbocycles. The summed E-state index contributed by atoms with van der Waals surface area (Å²) in [7, 11) is 1.95. The maximum Gasteiger partial charge on any atom is 0.195 e. The Bertz CT molecular complexity index is 537. The van der Waals surface area contributed by atoms with Gasteiger partial charge in [-0.25, -0.2) is 0 Å². The number of nitrogens with zero attached hydrogens (tertiary/aromatic N) is 3. The van der Waals surface area contributed by atoms with E-state index in [0.29, 0.717) is 0 Å². The van der Waals surface area contributed by atoms with Gasteiger partial charge in [-0.1, -0.05) is 12.1 Å². The van der Waals surface area contributed by atoms with Gasteiger partial charge in [-0.3, -0.25) is 0 Å². The summed E-state index contributed by atoms with van der Waals surface area (Å²) in [5, 5.41) is 18.1. The summed E-state index contributed by atoms with van der Waals surface area (Å²) in [6, 6.07) is 5.93. The van der Waals surface area contributed by atoms with Gasteiger partial charge in [0.1, 0.15) is 5.82 Å². The second kappa shape index (κ2) is 4.89. The lowest BCUT2D eigenvalue weighted by Crippen LogP contribution is -1.94. The highest BCUT2D eigenvalue weighted by atomic mass is 32.2. The summed E-state index contributed by atoms with van der Waals surface area (Å²) in [6.07, 6.45) is 0. The van der Waals surface area contributed by atoms with Crippen LogP contribution in [0.5, 0.6) is 0 Å². The molecule has 0 fully saturated rings. The van der Waals surface area contributed by atoms with E-state index in [9.17, 15) is 0 Å². The maximum atomic E-state index is 9.06. The summed E-state index contributed by atoms with van der Waals surface area (Å²) in [5.74, 6) is 0.900. The first-order valence-electron chi connectivity index (χ1n) is 5.36. The normalized spacial score (nSPS) is 10.8. The van der Waals surface area contributed by atoms with Crippen molar-refractivity contribution in [3.8, 4) is 0 Å². The fourth-order valence-electron chi connectivity index (χ4n) is 1.50. The van der Waals surface area contributed by atoms with Crippen LogP contribution in [0, 0.1) is 13.8 Å². The molecule has 1 N–H and O–H groups in total. The van der Waals surface area contributed by atoms with Crippen LogP contribution in [0.3, 0.4) is 0 Å². The molecule has 90 valence electrons. The van der Waals surface area contributed by atoms with Crippen LogP contribution in [0.1, 0.15) is 17.0 Å². The molecule has 2 aromatic rings. The number of rotatable bonds is 3. The van der Waals surface area contributed by atoms with Crippen molar-refractivity contribution in [1.82, 2.24) is 14.8 Å². The van der Waals surface area contributed by atoms with Crippen molar-refractivity contribution < 1.29 is 5.11 Å². The summed E-state index contributed by atoms with van der Waals surface area (Å²) < 4.78 is 1.96. The average molecular weight is 249 g/mol. The minimum Gasteiger partial charge on any atom is -0.392 e. The number of aliphatic hydroxyl groups is 1. The van der Waals surface area contributed by atoms with E-state index in [1.165, 1.54) is 0 Å². The second-order valence-corrected chi connectivity index (χ2v) is 4.96. The molecule has 0 bridgehead atoms. The Balaban J connectivity index is 2.27. The molecule has 4 nitrogen and oxygen atoms in total. The molecule has 0 saturated heterocycles. The molecule has 1 heterocycles. The van der Waals surface area contributed by atoms with Gasteiger partial charge in [0, 0.05) is 11.9 Å². The molecule has 17 heavy (non-hydrogen) atoms. The molecule has 1 aromatic heterocycles. The Labute approximate surface area is 105 Å². The molecule has 0 amide bonds. The number of aryl methyl sites for hydroxylation is 2. The summed E-state index contributed by atoms with van der Waals surface area (Å²) >= 11 is 1.59. The largest absolute Gasteiger partial charge is 0.392 e. The van der Waals surface area contributed by atoms with Gasteiger partial charge in [-0.15, -0.1) is 10.2 Å². The number of benzene rings is 1. The van der Waals surface area contributed by atoms with Gasteiger partial charge in [0.2, 0.25) is 0 Å². The minimum absolute atomic E-state index is 0.0782. The van der Waals surface area contributed by atoms with E-state index in [0.717, 1.165) is 27.0 Å². The first-order chi connectivity index (χ1) is 8.11. The van der Waals surface area contributed by atoms with Crippen molar-refractivity contribution in [3.05, 3.63) is 35.2 Å². The fraction of sp³-hybridized carbons (Fsp3) is 0.333. The maximum absolute atomic E-state index is 9.06. The van der Waals surface area contributed by atoms with Crippen molar-refractivity contribution in [3.63, 3.8) is 0 Å². The van der Waals surface area contributed by atoms with Crippen molar-refractivity contribution in [1.29, 1.82) is 0 Å². The van der Waals surface area contributed by atoms with E-state index in [-0.39, 0.29) is 6.61 Å². The summed E-state index contributed by atoms with van der Waals surface area (Å²) in [5.41, 5.74) is 2.07. The molecule has 0 atom stereocenters. The highest BCUT2D eigenvalue weighted by Gasteiger charge is 2.08. The zero-order valence-corrected chi connectivity index (χ0v) is 11.0. The lowest BCUT2D eigenvalue weighted by Gasteiger charge is -2.06. The van der Waals surface area contributed by atoms with E-state index < -0.39 is 0 Å². The lowest BCUT2D eigenvalue weighted by molar-refractivity contribution is 0.281. The monoisotopic (exact) mass is 249 g/mol. The Hall–Kier alpha value is -1.33. The number of hydrogen-bond donors (Lipinski definition) is 1. The van der Waals surface area contributed by atoms with Gasteiger partial charge in [0.25, 0.3) is 0 Å². The molecule has 2 rings (SSSR count). The van der Waals surface area contributed by atoms with E-state index in [1.807, 2.05) is 43.7 Å². The third kappa shape index (κ3) is 2.50. The van der Waals surface area contributed by atoms with E-state index >= 15 is 0 Å². The van der Waals surface area contributed by atoms with Crippen LogP contribution < -0.4 is 0 Å². The molecule has 1 aromatic carbocycles. The SMILES string of the molecule is Cc1cc(CO)ccc1Sc1nnc(C)n1C. The topological polar surface area (TPSA) is 50.9 Å². The van der Waals surface area contributed by atoms with Crippen LogP contribution in [0.2, 0.25) is 0 Å². The van der Waals surface area contributed by atoms with Crippen molar-refractivity contribution in [2.45, 2.75) is 30.5 Å². The van der Waals surface area contributed by atoms with Crippen LogP contribution in [0.4, 0.5) is 0 Å². The smallest absolute Gasteiger partial charge is 0.195 e. The molecule has 0 spiro atoms. The lowest BCUT2D eigenvalue weighted by atomic mass is 10.1. The Morgan fingerprint density at radius 3 is 2.59 bits per heavy atom. The van der Waals surface area contributed by atoms with Gasteiger partial charge >= 0.3 is 0 Å². The molecule has 0 saturated carbocycles. The van der Waals surface area contributed by atoms with Crippen molar-refractivity contribution in [2.24, 2.45) is 7.05 Å². The minimum atomic E-state index is 0.0782. The summed E-state index contributed by atoms with van der Waals surface area (Å²) in [6.45, 7) is 4.04. The first-order valence-corrected chi connectivity index (χ1v) is 6.17. The highest BCUT2D eigenvalue weighted by molar-refractivity contribution is 7.99. The van der Waals surface area contributed by atoms with Crippen molar-refractivity contribution >= 4 is 11.8 Å². The fourth-order valence-corrected chi connectivity index (χ4v) is 2.40. The Morgan fingerprint density at radius 2 is 2.06 bits per heavy atom. The van der Waals surface area contributed by atoms with Crippen LogP contribution in [-0.4, -0.2) is 19.9 Å². The van der Waals surface area contributed by atoms with Gasteiger partial charge < -0.3 is 9.67 Å². The number of aromatic nitrogens is 3. The summed E-state index contributed by atoms with van der Waals surface area (Å²) in [4.78, 5) is 1.14. The van der Waals surface area contributed by atoms with E-state index in [1.54, 1.807) is 11.8 Å². The third-order valence-corrected chi connectivity index (χ3v) is 3.89. The van der Waals surface area contributed by atoms with Gasteiger partial charge in [-0.2, -0.15) is 0 Å². The van der Waals surface area contributed by atoms with Crippen molar-refractivity contribution in [2.75, 3.05) is 0 Å². The average Bonchev–Trinajstić information content (AvgIpc) is 2.63. The molecular formula is C12H15N3OS. The zero-order chi connectivity index (χ0) is 12.4. The van der Waals surface area contributed by atoms with Gasteiger partial charge in [0.15, 0.2) is 5.16 Å². The number of aliphatic hydroxyl groups excluding tert-OH is 1. The second-order valence-electron chi connectivity index (χ2n) is 3.95. The van der Waals surface area contributed by atoms with Crippen LogP contribution in [0.25, 0.3) is 0 Å². The van der Waals surface area contributed by atoms with E-state index in [2.05, 4.69) is 10.2 Å².